The molecule has 1 N–H and O–H groups in total. The number of esters is 1. The van der Waals surface area contributed by atoms with E-state index in [1.165, 1.54) is 13.8 Å². The Kier molecular flexibility index (Phi) is 5.76. The summed E-state index contributed by atoms with van der Waals surface area (Å²) >= 11 is 0. The highest BCUT2D eigenvalue weighted by molar-refractivity contribution is 6.08. The van der Waals surface area contributed by atoms with E-state index in [1.54, 1.807) is 0 Å². The standard InChI is InChI=1S/C20H20F2N2O5/c1-10(24-18(26)13-5-3-4-6-14(13)19(24)27)20(28)29-11(2)17(25)23-12-7-8-15(21)16(22)9-12/h3-4,7-11,13-14H,5-6H2,1-2H3,(H,23,25)/t10-,11-,13-,14-/m0/s1. The van der Waals surface area contributed by atoms with E-state index >= 15 is 0 Å². The van der Waals surface area contributed by atoms with Crippen LogP contribution < -0.4 is 5.32 Å². The number of allylic oxidation sites excluding steroid dienone is 2. The van der Waals surface area contributed by atoms with Crippen molar-refractivity contribution in [3.63, 3.8) is 0 Å². The van der Waals surface area contributed by atoms with E-state index in [0.717, 1.165) is 23.1 Å². The molecule has 1 heterocycles. The number of likely N-dealkylation sites (tertiary alicyclic amines) is 1. The Morgan fingerprint density at radius 2 is 1.66 bits per heavy atom. The third-order valence-electron chi connectivity index (χ3n) is 5.12. The zero-order chi connectivity index (χ0) is 21.3. The fourth-order valence-electron chi connectivity index (χ4n) is 3.46. The van der Waals surface area contributed by atoms with E-state index in [4.69, 9.17) is 4.74 Å². The van der Waals surface area contributed by atoms with E-state index in [0.29, 0.717) is 12.8 Å². The lowest BCUT2D eigenvalue weighted by Gasteiger charge is -2.23. The predicted octanol–water partition coefficient (Wildman–Crippen LogP) is 2.17. The van der Waals surface area contributed by atoms with Crippen LogP contribution in [0.3, 0.4) is 0 Å². The Bertz CT molecular complexity index is 875. The van der Waals surface area contributed by atoms with Crippen LogP contribution in [-0.4, -0.2) is 40.7 Å². The molecular weight excluding hydrogens is 386 g/mol. The molecule has 0 aromatic heterocycles. The van der Waals surface area contributed by atoms with E-state index < -0.39 is 59.3 Å². The number of fused-ring (bicyclic) bond motifs is 1. The summed E-state index contributed by atoms with van der Waals surface area (Å²) < 4.78 is 31.3. The van der Waals surface area contributed by atoms with Crippen molar-refractivity contribution in [1.82, 2.24) is 4.90 Å². The lowest BCUT2D eigenvalue weighted by Crippen LogP contribution is -2.46. The second kappa shape index (κ2) is 8.10. The topological polar surface area (TPSA) is 92.8 Å². The average molecular weight is 406 g/mol. The Morgan fingerprint density at radius 3 is 2.21 bits per heavy atom. The number of halogens is 2. The number of imide groups is 1. The molecule has 3 amide bonds. The van der Waals surface area contributed by atoms with E-state index in [-0.39, 0.29) is 5.69 Å². The minimum Gasteiger partial charge on any atom is -0.451 e. The molecule has 1 saturated heterocycles. The third kappa shape index (κ3) is 4.03. The highest BCUT2D eigenvalue weighted by atomic mass is 19.2. The molecule has 1 fully saturated rings. The summed E-state index contributed by atoms with van der Waals surface area (Å²) in [5, 5.41) is 2.30. The fourth-order valence-corrected chi connectivity index (χ4v) is 3.46. The SMILES string of the molecule is C[C@H](OC(=O)[C@H](C)N1C(=O)[C@H]2CC=CC[C@@H]2C1=O)C(=O)Nc1ccc(F)c(F)c1. The van der Waals surface area contributed by atoms with Crippen molar-refractivity contribution in [2.45, 2.75) is 38.8 Å². The lowest BCUT2D eigenvalue weighted by atomic mass is 9.85. The third-order valence-corrected chi connectivity index (χ3v) is 5.12. The molecule has 29 heavy (non-hydrogen) atoms. The Labute approximate surface area is 165 Å². The number of amides is 3. The van der Waals surface area contributed by atoms with Crippen molar-refractivity contribution >= 4 is 29.4 Å². The Balaban J connectivity index is 1.61. The summed E-state index contributed by atoms with van der Waals surface area (Å²) in [5.41, 5.74) is -0.00804. The van der Waals surface area contributed by atoms with Crippen LogP contribution in [0.15, 0.2) is 30.4 Å². The van der Waals surface area contributed by atoms with E-state index in [2.05, 4.69) is 5.32 Å². The minimum absolute atomic E-state index is 0.00804. The number of nitrogens with one attached hydrogen (secondary N) is 1. The highest BCUT2D eigenvalue weighted by Gasteiger charge is 2.50. The van der Waals surface area contributed by atoms with Gasteiger partial charge in [-0.2, -0.15) is 0 Å². The van der Waals surface area contributed by atoms with Gasteiger partial charge in [-0.05, 0) is 38.8 Å². The molecule has 3 rings (SSSR count). The van der Waals surface area contributed by atoms with Crippen LogP contribution in [0.5, 0.6) is 0 Å². The van der Waals surface area contributed by atoms with Crippen molar-refractivity contribution < 1.29 is 32.7 Å². The van der Waals surface area contributed by atoms with Gasteiger partial charge in [0.15, 0.2) is 17.7 Å². The first-order valence-corrected chi connectivity index (χ1v) is 9.19. The molecule has 0 saturated carbocycles. The monoisotopic (exact) mass is 406 g/mol. The number of hydrogen-bond acceptors (Lipinski definition) is 5. The number of rotatable bonds is 5. The lowest BCUT2D eigenvalue weighted by molar-refractivity contribution is -0.163. The van der Waals surface area contributed by atoms with Crippen LogP contribution in [0.1, 0.15) is 26.7 Å². The molecule has 0 spiro atoms. The zero-order valence-corrected chi connectivity index (χ0v) is 15.9. The number of ether oxygens (including phenoxy) is 1. The van der Waals surface area contributed by atoms with Crippen molar-refractivity contribution in [3.05, 3.63) is 42.0 Å². The molecular formula is C20H20F2N2O5. The molecule has 1 aliphatic heterocycles. The minimum atomic E-state index is -1.28. The highest BCUT2D eigenvalue weighted by Crippen LogP contribution is 2.36. The van der Waals surface area contributed by atoms with Crippen LogP contribution in [0, 0.1) is 23.5 Å². The maximum absolute atomic E-state index is 13.2. The number of carbonyl (C=O) groups excluding carboxylic acids is 4. The first-order chi connectivity index (χ1) is 13.7. The first-order valence-electron chi connectivity index (χ1n) is 9.19. The second-order valence-electron chi connectivity index (χ2n) is 7.08. The summed E-state index contributed by atoms with van der Waals surface area (Å²) in [5.74, 6) is -5.68. The van der Waals surface area contributed by atoms with Crippen molar-refractivity contribution in [2.75, 3.05) is 5.32 Å². The van der Waals surface area contributed by atoms with Gasteiger partial charge in [0.25, 0.3) is 5.91 Å². The molecule has 0 bridgehead atoms. The van der Waals surface area contributed by atoms with Gasteiger partial charge in [0.05, 0.1) is 11.8 Å². The summed E-state index contributed by atoms with van der Waals surface area (Å²) in [6, 6.07) is 1.62. The maximum atomic E-state index is 13.2. The molecule has 0 unspecified atom stereocenters. The summed E-state index contributed by atoms with van der Waals surface area (Å²) in [6.07, 6.45) is 3.28. The summed E-state index contributed by atoms with van der Waals surface area (Å²) in [7, 11) is 0. The van der Waals surface area contributed by atoms with Gasteiger partial charge < -0.3 is 10.1 Å². The molecule has 4 atom stereocenters. The predicted molar refractivity (Wildman–Crippen MR) is 97.2 cm³/mol. The largest absolute Gasteiger partial charge is 0.451 e. The number of hydrogen-bond donors (Lipinski definition) is 1. The quantitative estimate of drug-likeness (QED) is 0.460. The molecule has 9 heteroatoms. The number of nitrogens with zero attached hydrogens (tertiary/aromatic N) is 1. The van der Waals surface area contributed by atoms with Gasteiger partial charge in [0, 0.05) is 11.8 Å². The molecule has 1 aromatic rings. The molecule has 7 nitrogen and oxygen atoms in total. The van der Waals surface area contributed by atoms with E-state index in [9.17, 15) is 28.0 Å². The van der Waals surface area contributed by atoms with Gasteiger partial charge in [0.2, 0.25) is 11.8 Å². The molecule has 154 valence electrons. The van der Waals surface area contributed by atoms with Gasteiger partial charge >= 0.3 is 5.97 Å². The normalized spacial score (nSPS) is 22.8. The summed E-state index contributed by atoms with van der Waals surface area (Å²) in [6.45, 7) is 2.65. The number of anilines is 1. The molecule has 1 aliphatic carbocycles. The van der Waals surface area contributed by atoms with Crippen LogP contribution in [0.25, 0.3) is 0 Å². The number of benzene rings is 1. The van der Waals surface area contributed by atoms with Gasteiger partial charge in [-0.15, -0.1) is 0 Å². The smallest absolute Gasteiger partial charge is 0.329 e. The van der Waals surface area contributed by atoms with Crippen LogP contribution >= 0.6 is 0 Å². The van der Waals surface area contributed by atoms with Gasteiger partial charge in [-0.3, -0.25) is 19.3 Å². The number of carbonyl (C=O) groups is 4. The first kappa shape index (κ1) is 20.6. The van der Waals surface area contributed by atoms with Crippen molar-refractivity contribution in [3.8, 4) is 0 Å². The summed E-state index contributed by atoms with van der Waals surface area (Å²) in [4.78, 5) is 50.6. The zero-order valence-electron chi connectivity index (χ0n) is 15.9. The van der Waals surface area contributed by atoms with Crippen molar-refractivity contribution in [1.29, 1.82) is 0 Å². The maximum Gasteiger partial charge on any atom is 0.329 e. The molecule has 1 aromatic carbocycles. The molecule has 2 aliphatic rings. The average Bonchev–Trinajstić information content (AvgIpc) is 2.95. The Hall–Kier alpha value is -3.10. The van der Waals surface area contributed by atoms with Crippen molar-refractivity contribution in [2.24, 2.45) is 11.8 Å². The second-order valence-corrected chi connectivity index (χ2v) is 7.08. The van der Waals surface area contributed by atoms with Gasteiger partial charge in [-0.1, -0.05) is 12.2 Å². The van der Waals surface area contributed by atoms with Crippen LogP contribution in [-0.2, 0) is 23.9 Å². The van der Waals surface area contributed by atoms with Crippen LogP contribution in [0.4, 0.5) is 14.5 Å². The Morgan fingerprint density at radius 1 is 1.07 bits per heavy atom. The molecule has 0 radical (unpaired) electrons. The van der Waals surface area contributed by atoms with E-state index in [1.807, 2.05) is 12.2 Å². The van der Waals surface area contributed by atoms with Crippen LogP contribution in [0.2, 0.25) is 0 Å². The van der Waals surface area contributed by atoms with Gasteiger partial charge in [0.1, 0.15) is 6.04 Å². The fraction of sp³-hybridized carbons (Fsp3) is 0.400. The van der Waals surface area contributed by atoms with Gasteiger partial charge in [-0.25, -0.2) is 13.6 Å².